The largest absolute Gasteiger partial charge is 0.389 e. The van der Waals surface area contributed by atoms with Gasteiger partial charge in [-0.15, -0.1) is 0 Å². The summed E-state index contributed by atoms with van der Waals surface area (Å²) in [6.07, 6.45) is 1.41. The van der Waals surface area contributed by atoms with Crippen molar-refractivity contribution in [2.75, 3.05) is 32.7 Å². The molecule has 0 unspecified atom stereocenters. The lowest BCUT2D eigenvalue weighted by atomic mass is 10.1. The number of hydrogen-bond donors (Lipinski definition) is 1. The van der Waals surface area contributed by atoms with E-state index in [0.717, 1.165) is 13.1 Å². The number of nitriles is 1. The number of pyridine rings is 1. The highest BCUT2D eigenvalue weighted by atomic mass is 16.3. The highest BCUT2D eigenvalue weighted by molar-refractivity contribution is 5.92. The first kappa shape index (κ1) is 15.4. The average molecular weight is 288 g/mol. The molecule has 1 aliphatic heterocycles. The summed E-state index contributed by atoms with van der Waals surface area (Å²) in [5, 5.41) is 18.5. The lowest BCUT2D eigenvalue weighted by Crippen LogP contribution is -2.52. The van der Waals surface area contributed by atoms with E-state index in [9.17, 15) is 9.90 Å². The average Bonchev–Trinajstić information content (AvgIpc) is 2.46. The molecule has 2 rings (SSSR count). The Morgan fingerprint density at radius 2 is 2.05 bits per heavy atom. The van der Waals surface area contributed by atoms with Crippen LogP contribution in [0.4, 0.5) is 0 Å². The number of hydrogen-bond acceptors (Lipinski definition) is 5. The normalized spacial score (nSPS) is 16.6. The van der Waals surface area contributed by atoms with Crippen molar-refractivity contribution in [1.82, 2.24) is 14.8 Å². The second-order valence-corrected chi connectivity index (χ2v) is 5.92. The Bertz CT molecular complexity index is 534. The van der Waals surface area contributed by atoms with Gasteiger partial charge in [-0.3, -0.25) is 9.69 Å². The van der Waals surface area contributed by atoms with Gasteiger partial charge in [-0.05, 0) is 26.0 Å². The van der Waals surface area contributed by atoms with Gasteiger partial charge in [-0.1, -0.05) is 0 Å². The number of piperazine rings is 1. The predicted molar refractivity (Wildman–Crippen MR) is 77.6 cm³/mol. The summed E-state index contributed by atoms with van der Waals surface area (Å²) in [5.74, 6) is -0.109. The molecule has 6 heteroatoms. The zero-order valence-corrected chi connectivity index (χ0v) is 12.4. The molecule has 6 nitrogen and oxygen atoms in total. The van der Waals surface area contributed by atoms with Crippen LogP contribution in [0.3, 0.4) is 0 Å². The fraction of sp³-hybridized carbons (Fsp3) is 0.533. The summed E-state index contributed by atoms with van der Waals surface area (Å²) in [6, 6.07) is 5.17. The van der Waals surface area contributed by atoms with Crippen molar-refractivity contribution in [3.8, 4) is 6.07 Å². The highest BCUT2D eigenvalue weighted by Gasteiger charge is 2.25. The monoisotopic (exact) mass is 288 g/mol. The van der Waals surface area contributed by atoms with Crippen molar-refractivity contribution in [2.24, 2.45) is 0 Å². The highest BCUT2D eigenvalue weighted by Crippen LogP contribution is 2.11. The molecular formula is C15H20N4O2. The van der Waals surface area contributed by atoms with Gasteiger partial charge in [0.2, 0.25) is 0 Å². The van der Waals surface area contributed by atoms with Crippen molar-refractivity contribution in [3.05, 3.63) is 29.6 Å². The van der Waals surface area contributed by atoms with Crippen LogP contribution in [0.1, 0.15) is 29.9 Å². The Labute approximate surface area is 124 Å². The quantitative estimate of drug-likeness (QED) is 0.875. The molecule has 1 fully saturated rings. The Kier molecular flexibility index (Phi) is 4.56. The van der Waals surface area contributed by atoms with Crippen LogP contribution >= 0.6 is 0 Å². The van der Waals surface area contributed by atoms with Crippen LogP contribution in [-0.2, 0) is 0 Å². The molecule has 1 aliphatic rings. The van der Waals surface area contributed by atoms with E-state index in [1.807, 2.05) is 6.07 Å². The van der Waals surface area contributed by atoms with Gasteiger partial charge in [-0.2, -0.15) is 5.26 Å². The fourth-order valence-corrected chi connectivity index (χ4v) is 2.40. The molecule has 1 saturated heterocycles. The molecule has 21 heavy (non-hydrogen) atoms. The molecule has 1 aromatic rings. The van der Waals surface area contributed by atoms with E-state index in [-0.39, 0.29) is 5.91 Å². The van der Waals surface area contributed by atoms with Gasteiger partial charge in [0.15, 0.2) is 0 Å². The lowest BCUT2D eigenvalue weighted by molar-refractivity contribution is 0.0177. The van der Waals surface area contributed by atoms with E-state index in [2.05, 4.69) is 9.88 Å². The number of β-amino-alcohol motifs (C(OH)–C–C–N with tert-alkyl or cyclic N) is 1. The van der Waals surface area contributed by atoms with Gasteiger partial charge in [0.05, 0.1) is 11.2 Å². The minimum absolute atomic E-state index is 0.109. The summed E-state index contributed by atoms with van der Waals surface area (Å²) in [7, 11) is 0. The summed E-state index contributed by atoms with van der Waals surface area (Å²) in [5.41, 5.74) is 0.0902. The van der Waals surface area contributed by atoms with Gasteiger partial charge in [0.1, 0.15) is 11.8 Å². The van der Waals surface area contributed by atoms with Gasteiger partial charge in [0.25, 0.3) is 5.91 Å². The Morgan fingerprint density at radius 1 is 1.38 bits per heavy atom. The summed E-state index contributed by atoms with van der Waals surface area (Å²) in [4.78, 5) is 20.2. The molecule has 1 N–H and O–H groups in total. The van der Waals surface area contributed by atoms with Crippen LogP contribution < -0.4 is 0 Å². The molecule has 112 valence electrons. The molecule has 0 aromatic carbocycles. The van der Waals surface area contributed by atoms with Crippen molar-refractivity contribution in [2.45, 2.75) is 19.4 Å². The number of aromatic nitrogens is 1. The molecule has 0 radical (unpaired) electrons. The third-order valence-corrected chi connectivity index (χ3v) is 3.38. The van der Waals surface area contributed by atoms with Crippen LogP contribution in [0.15, 0.2) is 18.3 Å². The maximum absolute atomic E-state index is 12.3. The van der Waals surface area contributed by atoms with E-state index in [1.54, 1.807) is 30.9 Å². The van der Waals surface area contributed by atoms with Crippen molar-refractivity contribution >= 4 is 5.91 Å². The standard InChI is InChI=1S/C15H20N4O2/c1-15(2,21)11-18-5-7-19(8-6-18)14(20)13-4-3-12(9-16)10-17-13/h3-4,10,21H,5-8,11H2,1-2H3. The topological polar surface area (TPSA) is 80.5 Å². The molecule has 1 aromatic heterocycles. The van der Waals surface area contributed by atoms with Gasteiger partial charge in [-0.25, -0.2) is 4.98 Å². The summed E-state index contributed by atoms with van der Waals surface area (Å²) < 4.78 is 0. The van der Waals surface area contributed by atoms with E-state index in [1.165, 1.54) is 6.20 Å². The van der Waals surface area contributed by atoms with E-state index in [0.29, 0.717) is 30.9 Å². The SMILES string of the molecule is CC(C)(O)CN1CCN(C(=O)c2ccc(C#N)cn2)CC1. The zero-order valence-electron chi connectivity index (χ0n) is 12.4. The Hall–Kier alpha value is -1.97. The molecule has 0 bridgehead atoms. The van der Waals surface area contributed by atoms with E-state index >= 15 is 0 Å². The minimum Gasteiger partial charge on any atom is -0.389 e. The predicted octanol–water partition coefficient (Wildman–Crippen LogP) is 0.482. The fourth-order valence-electron chi connectivity index (χ4n) is 2.40. The van der Waals surface area contributed by atoms with Crippen LogP contribution in [0, 0.1) is 11.3 Å². The molecule has 2 heterocycles. The van der Waals surface area contributed by atoms with E-state index in [4.69, 9.17) is 5.26 Å². The molecule has 0 atom stereocenters. The maximum atomic E-state index is 12.3. The van der Waals surface area contributed by atoms with Crippen LogP contribution in [0.25, 0.3) is 0 Å². The molecular weight excluding hydrogens is 268 g/mol. The van der Waals surface area contributed by atoms with Crippen LogP contribution in [-0.4, -0.2) is 64.1 Å². The van der Waals surface area contributed by atoms with Crippen molar-refractivity contribution in [1.29, 1.82) is 5.26 Å². The number of nitrogens with zero attached hydrogens (tertiary/aromatic N) is 4. The lowest BCUT2D eigenvalue weighted by Gasteiger charge is -2.37. The van der Waals surface area contributed by atoms with Gasteiger partial charge < -0.3 is 10.0 Å². The zero-order chi connectivity index (χ0) is 15.5. The van der Waals surface area contributed by atoms with Crippen molar-refractivity contribution in [3.63, 3.8) is 0 Å². The molecule has 0 aliphatic carbocycles. The first-order valence-electron chi connectivity index (χ1n) is 6.99. The van der Waals surface area contributed by atoms with Crippen LogP contribution in [0.5, 0.6) is 0 Å². The van der Waals surface area contributed by atoms with Crippen molar-refractivity contribution < 1.29 is 9.90 Å². The molecule has 0 spiro atoms. The second-order valence-electron chi connectivity index (χ2n) is 5.92. The number of amides is 1. The maximum Gasteiger partial charge on any atom is 0.272 e. The number of carbonyl (C=O) groups excluding carboxylic acids is 1. The third kappa shape index (κ3) is 4.25. The minimum atomic E-state index is -0.721. The summed E-state index contributed by atoms with van der Waals surface area (Å²) in [6.45, 7) is 6.89. The number of rotatable bonds is 3. The Balaban J connectivity index is 1.92. The first-order chi connectivity index (χ1) is 9.89. The first-order valence-corrected chi connectivity index (χ1v) is 6.99. The second kappa shape index (κ2) is 6.20. The van der Waals surface area contributed by atoms with Gasteiger partial charge in [0, 0.05) is 38.9 Å². The third-order valence-electron chi connectivity index (χ3n) is 3.38. The molecule has 1 amide bonds. The Morgan fingerprint density at radius 3 is 2.52 bits per heavy atom. The van der Waals surface area contributed by atoms with Crippen LogP contribution in [0.2, 0.25) is 0 Å². The molecule has 0 saturated carbocycles. The van der Waals surface area contributed by atoms with Gasteiger partial charge >= 0.3 is 0 Å². The number of carbonyl (C=O) groups is 1. The number of aliphatic hydroxyl groups is 1. The van der Waals surface area contributed by atoms with E-state index < -0.39 is 5.60 Å². The summed E-state index contributed by atoms with van der Waals surface area (Å²) >= 11 is 0. The smallest absolute Gasteiger partial charge is 0.272 e.